The molecule has 100 valence electrons. The lowest BCUT2D eigenvalue weighted by Crippen LogP contribution is -2.23. The summed E-state index contributed by atoms with van der Waals surface area (Å²) in [6.45, 7) is 2.09. The first-order chi connectivity index (χ1) is 9.20. The van der Waals surface area contributed by atoms with Gasteiger partial charge in [0.2, 0.25) is 0 Å². The van der Waals surface area contributed by atoms with Gasteiger partial charge >= 0.3 is 0 Å². The number of hydrogen-bond donors (Lipinski definition) is 3. The van der Waals surface area contributed by atoms with Gasteiger partial charge in [-0.3, -0.25) is 0 Å². The van der Waals surface area contributed by atoms with Crippen LogP contribution in [0.1, 0.15) is 5.56 Å². The van der Waals surface area contributed by atoms with Gasteiger partial charge in [-0.1, -0.05) is 24.3 Å². The molecule has 0 radical (unpaired) electrons. The Hall–Kier alpha value is -1.91. The molecule has 1 heterocycles. The first kappa shape index (κ1) is 13.5. The molecule has 2 aromatic rings. The normalized spacial score (nSPS) is 12.2. The lowest BCUT2D eigenvalue weighted by molar-refractivity contribution is 0.105. The Labute approximate surface area is 112 Å². The third-order valence-corrected chi connectivity index (χ3v) is 2.95. The molecule has 0 amide bonds. The van der Waals surface area contributed by atoms with Crippen LogP contribution < -0.4 is 5.32 Å². The first-order valence-electron chi connectivity index (χ1n) is 6.25. The number of hydrogen-bond acceptors (Lipinski definition) is 4. The van der Waals surface area contributed by atoms with Crippen molar-refractivity contribution in [2.75, 3.05) is 18.5 Å². The lowest BCUT2D eigenvalue weighted by atomic mass is 10.0. The zero-order chi connectivity index (χ0) is 13.7. The summed E-state index contributed by atoms with van der Waals surface area (Å²) in [6, 6.07) is 12.0. The molecule has 4 nitrogen and oxygen atoms in total. The molecule has 0 saturated heterocycles. The summed E-state index contributed by atoms with van der Waals surface area (Å²) < 4.78 is 0. The van der Waals surface area contributed by atoms with Crippen molar-refractivity contribution in [1.82, 2.24) is 4.98 Å². The van der Waals surface area contributed by atoms with Gasteiger partial charge in [-0.15, -0.1) is 0 Å². The number of benzene rings is 1. The van der Waals surface area contributed by atoms with E-state index in [1.807, 2.05) is 24.3 Å². The second-order valence-electron chi connectivity index (χ2n) is 4.46. The molecule has 19 heavy (non-hydrogen) atoms. The Morgan fingerprint density at radius 2 is 2.05 bits per heavy atom. The average molecular weight is 258 g/mol. The van der Waals surface area contributed by atoms with E-state index < -0.39 is 6.10 Å². The van der Waals surface area contributed by atoms with Crippen LogP contribution in [0.15, 0.2) is 42.6 Å². The summed E-state index contributed by atoms with van der Waals surface area (Å²) in [4.78, 5) is 4.20. The lowest BCUT2D eigenvalue weighted by Gasteiger charge is -2.11. The maximum atomic E-state index is 9.31. The molecule has 0 bridgehead atoms. The Bertz CT molecular complexity index is 543. The molecule has 0 aliphatic rings. The van der Waals surface area contributed by atoms with Crippen LogP contribution in [0.3, 0.4) is 0 Å². The van der Waals surface area contributed by atoms with Crippen molar-refractivity contribution >= 4 is 5.82 Å². The molecule has 2 rings (SSSR count). The fraction of sp³-hybridized carbons (Fsp3) is 0.267. The number of aromatic nitrogens is 1. The van der Waals surface area contributed by atoms with Gasteiger partial charge in [0.15, 0.2) is 0 Å². The second kappa shape index (κ2) is 6.31. The number of nitrogens with zero attached hydrogens (tertiary/aromatic N) is 1. The minimum absolute atomic E-state index is 0.259. The van der Waals surface area contributed by atoms with E-state index >= 15 is 0 Å². The Morgan fingerprint density at radius 1 is 1.26 bits per heavy atom. The van der Waals surface area contributed by atoms with Gasteiger partial charge in [-0.05, 0) is 35.7 Å². The topological polar surface area (TPSA) is 65.4 Å². The fourth-order valence-electron chi connectivity index (χ4n) is 1.88. The SMILES string of the molecule is Cc1ccccc1-c1ccnc(NCC(O)CO)c1. The molecule has 0 saturated carbocycles. The van der Waals surface area contributed by atoms with Gasteiger partial charge in [0.05, 0.1) is 12.7 Å². The molecular weight excluding hydrogens is 240 g/mol. The number of pyridine rings is 1. The highest BCUT2D eigenvalue weighted by Gasteiger charge is 2.05. The van der Waals surface area contributed by atoms with Gasteiger partial charge in [0.25, 0.3) is 0 Å². The summed E-state index contributed by atoms with van der Waals surface area (Å²) in [5.41, 5.74) is 3.44. The predicted molar refractivity (Wildman–Crippen MR) is 76.0 cm³/mol. The van der Waals surface area contributed by atoms with Gasteiger partial charge in [-0.2, -0.15) is 0 Å². The molecule has 0 aliphatic heterocycles. The summed E-state index contributed by atoms with van der Waals surface area (Å²) >= 11 is 0. The van der Waals surface area contributed by atoms with E-state index in [9.17, 15) is 5.11 Å². The molecule has 1 aromatic heterocycles. The van der Waals surface area contributed by atoms with E-state index in [1.54, 1.807) is 6.20 Å². The highest BCUT2D eigenvalue weighted by molar-refractivity contribution is 5.69. The van der Waals surface area contributed by atoms with Crippen molar-refractivity contribution in [3.8, 4) is 11.1 Å². The Morgan fingerprint density at radius 3 is 2.79 bits per heavy atom. The van der Waals surface area contributed by atoms with Crippen LogP contribution in [0.25, 0.3) is 11.1 Å². The number of nitrogens with one attached hydrogen (secondary N) is 1. The highest BCUT2D eigenvalue weighted by Crippen LogP contribution is 2.24. The van der Waals surface area contributed by atoms with Crippen molar-refractivity contribution < 1.29 is 10.2 Å². The maximum Gasteiger partial charge on any atom is 0.126 e. The monoisotopic (exact) mass is 258 g/mol. The van der Waals surface area contributed by atoms with E-state index in [0.29, 0.717) is 5.82 Å². The summed E-state index contributed by atoms with van der Waals surface area (Å²) in [7, 11) is 0. The number of aryl methyl sites for hydroxylation is 1. The summed E-state index contributed by atoms with van der Waals surface area (Å²) in [6.07, 6.45) is 0.957. The molecule has 1 atom stereocenters. The predicted octanol–water partition coefficient (Wildman–Crippen LogP) is 1.82. The van der Waals surface area contributed by atoms with Crippen LogP contribution in [0.4, 0.5) is 5.82 Å². The van der Waals surface area contributed by atoms with Crippen LogP contribution >= 0.6 is 0 Å². The maximum absolute atomic E-state index is 9.31. The van der Waals surface area contributed by atoms with Crippen molar-refractivity contribution in [3.63, 3.8) is 0 Å². The average Bonchev–Trinajstić information content (AvgIpc) is 2.45. The zero-order valence-corrected chi connectivity index (χ0v) is 10.9. The van der Waals surface area contributed by atoms with E-state index in [4.69, 9.17) is 5.11 Å². The van der Waals surface area contributed by atoms with Gasteiger partial charge in [0, 0.05) is 12.7 Å². The summed E-state index contributed by atoms with van der Waals surface area (Å²) in [5, 5.41) is 21.1. The zero-order valence-electron chi connectivity index (χ0n) is 10.9. The number of aliphatic hydroxyl groups is 2. The van der Waals surface area contributed by atoms with E-state index in [2.05, 4.69) is 29.4 Å². The number of rotatable bonds is 5. The smallest absolute Gasteiger partial charge is 0.126 e. The molecule has 1 unspecified atom stereocenters. The molecule has 0 fully saturated rings. The van der Waals surface area contributed by atoms with Crippen LogP contribution in [-0.4, -0.2) is 34.5 Å². The van der Waals surface area contributed by atoms with Crippen molar-refractivity contribution in [2.45, 2.75) is 13.0 Å². The van der Waals surface area contributed by atoms with E-state index in [0.717, 1.165) is 11.1 Å². The highest BCUT2D eigenvalue weighted by atomic mass is 16.3. The van der Waals surface area contributed by atoms with Crippen molar-refractivity contribution in [1.29, 1.82) is 0 Å². The Balaban J connectivity index is 2.18. The van der Waals surface area contributed by atoms with Crippen LogP contribution in [0.5, 0.6) is 0 Å². The van der Waals surface area contributed by atoms with E-state index in [-0.39, 0.29) is 13.2 Å². The third kappa shape index (κ3) is 3.53. The molecule has 4 heteroatoms. The van der Waals surface area contributed by atoms with E-state index in [1.165, 1.54) is 5.56 Å². The minimum Gasteiger partial charge on any atom is -0.394 e. The molecule has 3 N–H and O–H groups in total. The Kier molecular flexibility index (Phi) is 4.49. The first-order valence-corrected chi connectivity index (χ1v) is 6.25. The summed E-state index contributed by atoms with van der Waals surface area (Å²) in [5.74, 6) is 0.688. The van der Waals surface area contributed by atoms with Crippen LogP contribution in [0, 0.1) is 6.92 Å². The van der Waals surface area contributed by atoms with Crippen molar-refractivity contribution in [3.05, 3.63) is 48.2 Å². The van der Waals surface area contributed by atoms with Crippen LogP contribution in [0.2, 0.25) is 0 Å². The third-order valence-electron chi connectivity index (χ3n) is 2.95. The number of aliphatic hydroxyl groups excluding tert-OH is 2. The number of anilines is 1. The van der Waals surface area contributed by atoms with Gasteiger partial charge in [0.1, 0.15) is 5.82 Å². The van der Waals surface area contributed by atoms with Crippen molar-refractivity contribution in [2.24, 2.45) is 0 Å². The quantitative estimate of drug-likeness (QED) is 0.765. The van der Waals surface area contributed by atoms with Gasteiger partial charge < -0.3 is 15.5 Å². The molecule has 0 aliphatic carbocycles. The standard InChI is InChI=1S/C15H18N2O2/c1-11-4-2-3-5-14(11)12-6-7-16-15(8-12)17-9-13(19)10-18/h2-8,13,18-19H,9-10H2,1H3,(H,16,17). The fourth-order valence-corrected chi connectivity index (χ4v) is 1.88. The molecule has 1 aromatic carbocycles. The molecule has 0 spiro atoms. The van der Waals surface area contributed by atoms with Crippen LogP contribution in [-0.2, 0) is 0 Å². The minimum atomic E-state index is -0.774. The largest absolute Gasteiger partial charge is 0.394 e. The van der Waals surface area contributed by atoms with Gasteiger partial charge in [-0.25, -0.2) is 4.98 Å². The molecular formula is C15H18N2O2. The second-order valence-corrected chi connectivity index (χ2v) is 4.46.